The van der Waals surface area contributed by atoms with Crippen LogP contribution in [0.5, 0.6) is 11.5 Å². The van der Waals surface area contributed by atoms with Crippen molar-refractivity contribution in [3.8, 4) is 11.5 Å². The van der Waals surface area contributed by atoms with Gasteiger partial charge in [0, 0.05) is 18.9 Å². The molecule has 0 fully saturated rings. The van der Waals surface area contributed by atoms with Crippen LogP contribution in [-0.4, -0.2) is 24.8 Å². The SMILES string of the molecule is CCNCc1ccn(CCOc2ccc(OC)cc2)c1. The zero-order valence-corrected chi connectivity index (χ0v) is 12.1. The van der Waals surface area contributed by atoms with E-state index in [0.717, 1.165) is 31.1 Å². The zero-order valence-electron chi connectivity index (χ0n) is 12.1. The smallest absolute Gasteiger partial charge is 0.119 e. The average molecular weight is 274 g/mol. The second kappa shape index (κ2) is 7.60. The van der Waals surface area contributed by atoms with Crippen LogP contribution in [0.25, 0.3) is 0 Å². The molecule has 4 nitrogen and oxygen atoms in total. The standard InChI is InChI=1S/C16H22N2O2/c1-3-17-12-14-8-9-18(13-14)10-11-20-16-6-4-15(19-2)5-7-16/h4-9,13,17H,3,10-12H2,1-2H3. The lowest BCUT2D eigenvalue weighted by atomic mass is 10.3. The van der Waals surface area contributed by atoms with Gasteiger partial charge in [-0.1, -0.05) is 6.92 Å². The fourth-order valence-corrected chi connectivity index (χ4v) is 1.94. The van der Waals surface area contributed by atoms with Gasteiger partial charge in [-0.3, -0.25) is 0 Å². The maximum Gasteiger partial charge on any atom is 0.119 e. The summed E-state index contributed by atoms with van der Waals surface area (Å²) in [6, 6.07) is 9.78. The fourth-order valence-electron chi connectivity index (χ4n) is 1.94. The second-order valence-corrected chi connectivity index (χ2v) is 4.56. The third-order valence-electron chi connectivity index (χ3n) is 3.07. The molecule has 0 amide bonds. The van der Waals surface area contributed by atoms with E-state index in [-0.39, 0.29) is 0 Å². The zero-order chi connectivity index (χ0) is 14.2. The lowest BCUT2D eigenvalue weighted by Crippen LogP contribution is -2.11. The van der Waals surface area contributed by atoms with Crippen molar-refractivity contribution >= 4 is 0 Å². The summed E-state index contributed by atoms with van der Waals surface area (Å²) in [4.78, 5) is 0. The lowest BCUT2D eigenvalue weighted by Gasteiger charge is -2.07. The molecule has 0 bridgehead atoms. The number of ether oxygens (including phenoxy) is 2. The summed E-state index contributed by atoms with van der Waals surface area (Å²) in [5.41, 5.74) is 1.30. The molecule has 0 aliphatic carbocycles. The molecule has 0 aliphatic rings. The van der Waals surface area contributed by atoms with Crippen molar-refractivity contribution in [2.75, 3.05) is 20.3 Å². The molecule has 4 heteroatoms. The molecule has 2 aromatic rings. The third-order valence-corrected chi connectivity index (χ3v) is 3.07. The van der Waals surface area contributed by atoms with Gasteiger partial charge < -0.3 is 19.4 Å². The number of hydrogen-bond donors (Lipinski definition) is 1. The fraction of sp³-hybridized carbons (Fsp3) is 0.375. The number of hydrogen-bond acceptors (Lipinski definition) is 3. The Balaban J connectivity index is 1.75. The Hall–Kier alpha value is -1.94. The van der Waals surface area contributed by atoms with Crippen LogP contribution < -0.4 is 14.8 Å². The summed E-state index contributed by atoms with van der Waals surface area (Å²) < 4.78 is 13.0. The van der Waals surface area contributed by atoms with Crippen LogP contribution in [0.1, 0.15) is 12.5 Å². The van der Waals surface area contributed by atoms with Gasteiger partial charge in [-0.2, -0.15) is 0 Å². The molecule has 0 aliphatic heterocycles. The van der Waals surface area contributed by atoms with Crippen molar-refractivity contribution < 1.29 is 9.47 Å². The van der Waals surface area contributed by atoms with Gasteiger partial charge in [-0.25, -0.2) is 0 Å². The van der Waals surface area contributed by atoms with Crippen molar-refractivity contribution in [2.45, 2.75) is 20.0 Å². The highest BCUT2D eigenvalue weighted by Gasteiger charge is 1.98. The Morgan fingerprint density at radius 3 is 2.55 bits per heavy atom. The number of rotatable bonds is 8. The van der Waals surface area contributed by atoms with E-state index in [1.807, 2.05) is 24.3 Å². The molecule has 1 heterocycles. The Bertz CT molecular complexity index is 505. The van der Waals surface area contributed by atoms with Crippen molar-refractivity contribution in [3.63, 3.8) is 0 Å². The predicted molar refractivity (Wildman–Crippen MR) is 80.3 cm³/mol. The second-order valence-electron chi connectivity index (χ2n) is 4.56. The van der Waals surface area contributed by atoms with Gasteiger partial charge in [-0.05, 0) is 42.4 Å². The van der Waals surface area contributed by atoms with Gasteiger partial charge in [0.1, 0.15) is 18.1 Å². The molecular weight excluding hydrogens is 252 g/mol. The molecule has 0 saturated carbocycles. The van der Waals surface area contributed by atoms with E-state index in [1.54, 1.807) is 7.11 Å². The van der Waals surface area contributed by atoms with E-state index in [1.165, 1.54) is 5.56 Å². The quantitative estimate of drug-likeness (QED) is 0.804. The Morgan fingerprint density at radius 2 is 1.85 bits per heavy atom. The first-order chi connectivity index (χ1) is 9.81. The molecule has 2 rings (SSSR count). The van der Waals surface area contributed by atoms with E-state index >= 15 is 0 Å². The topological polar surface area (TPSA) is 35.4 Å². The number of benzene rings is 1. The average Bonchev–Trinajstić information content (AvgIpc) is 2.94. The molecular formula is C16H22N2O2. The maximum atomic E-state index is 5.71. The highest BCUT2D eigenvalue weighted by molar-refractivity contribution is 5.31. The van der Waals surface area contributed by atoms with Crippen LogP contribution in [0.15, 0.2) is 42.7 Å². The van der Waals surface area contributed by atoms with Crippen LogP contribution >= 0.6 is 0 Å². The molecule has 1 N–H and O–H groups in total. The number of aromatic nitrogens is 1. The summed E-state index contributed by atoms with van der Waals surface area (Å²) in [6.07, 6.45) is 4.24. The van der Waals surface area contributed by atoms with Gasteiger partial charge in [-0.15, -0.1) is 0 Å². The van der Waals surface area contributed by atoms with Crippen molar-refractivity contribution in [1.82, 2.24) is 9.88 Å². The number of nitrogens with one attached hydrogen (secondary N) is 1. The summed E-state index contributed by atoms with van der Waals surface area (Å²) >= 11 is 0. The molecule has 20 heavy (non-hydrogen) atoms. The van der Waals surface area contributed by atoms with Gasteiger partial charge in [0.05, 0.1) is 13.7 Å². The normalized spacial score (nSPS) is 10.5. The highest BCUT2D eigenvalue weighted by Crippen LogP contribution is 2.16. The monoisotopic (exact) mass is 274 g/mol. The van der Waals surface area contributed by atoms with E-state index in [4.69, 9.17) is 9.47 Å². The summed E-state index contributed by atoms with van der Waals surface area (Å²) in [5, 5.41) is 3.31. The Labute approximate surface area is 120 Å². The first kappa shape index (κ1) is 14.5. The van der Waals surface area contributed by atoms with Crippen molar-refractivity contribution in [1.29, 1.82) is 0 Å². The first-order valence-corrected chi connectivity index (χ1v) is 6.94. The maximum absolute atomic E-state index is 5.71. The minimum absolute atomic E-state index is 0.654. The minimum Gasteiger partial charge on any atom is -0.497 e. The van der Waals surface area contributed by atoms with Gasteiger partial charge in [0.25, 0.3) is 0 Å². The van der Waals surface area contributed by atoms with E-state index in [9.17, 15) is 0 Å². The lowest BCUT2D eigenvalue weighted by molar-refractivity contribution is 0.298. The van der Waals surface area contributed by atoms with Crippen LogP contribution in [0, 0.1) is 0 Å². The molecule has 0 unspecified atom stereocenters. The predicted octanol–water partition coefficient (Wildman–Crippen LogP) is 2.69. The van der Waals surface area contributed by atoms with E-state index in [2.05, 4.69) is 35.3 Å². The summed E-state index contributed by atoms with van der Waals surface area (Å²) in [5.74, 6) is 1.71. The van der Waals surface area contributed by atoms with Crippen molar-refractivity contribution in [3.05, 3.63) is 48.3 Å². The Morgan fingerprint density at radius 1 is 1.10 bits per heavy atom. The van der Waals surface area contributed by atoms with Gasteiger partial charge >= 0.3 is 0 Å². The Kier molecular flexibility index (Phi) is 5.50. The first-order valence-electron chi connectivity index (χ1n) is 6.94. The number of nitrogens with zero attached hydrogens (tertiary/aromatic N) is 1. The third kappa shape index (κ3) is 4.31. The van der Waals surface area contributed by atoms with Crippen LogP contribution in [0.2, 0.25) is 0 Å². The van der Waals surface area contributed by atoms with Crippen LogP contribution in [0.3, 0.4) is 0 Å². The minimum atomic E-state index is 0.654. The number of methoxy groups -OCH3 is 1. The summed E-state index contributed by atoms with van der Waals surface area (Å²) in [6.45, 7) is 5.52. The molecule has 0 saturated heterocycles. The van der Waals surface area contributed by atoms with Gasteiger partial charge in [0.15, 0.2) is 0 Å². The molecule has 1 aromatic carbocycles. The van der Waals surface area contributed by atoms with Gasteiger partial charge in [0.2, 0.25) is 0 Å². The molecule has 1 aromatic heterocycles. The van der Waals surface area contributed by atoms with Crippen LogP contribution in [-0.2, 0) is 13.1 Å². The van der Waals surface area contributed by atoms with Crippen molar-refractivity contribution in [2.24, 2.45) is 0 Å². The largest absolute Gasteiger partial charge is 0.497 e. The molecule has 0 atom stereocenters. The van der Waals surface area contributed by atoms with E-state index in [0.29, 0.717) is 6.61 Å². The highest BCUT2D eigenvalue weighted by atomic mass is 16.5. The summed E-state index contributed by atoms with van der Waals surface area (Å²) in [7, 11) is 1.66. The van der Waals surface area contributed by atoms with Crippen LogP contribution in [0.4, 0.5) is 0 Å². The molecule has 108 valence electrons. The molecule has 0 radical (unpaired) electrons. The molecule has 0 spiro atoms. The van der Waals surface area contributed by atoms with E-state index < -0.39 is 0 Å².